The van der Waals surface area contributed by atoms with Gasteiger partial charge in [-0.15, -0.1) is 0 Å². The third-order valence-electron chi connectivity index (χ3n) is 3.02. The van der Waals surface area contributed by atoms with Gasteiger partial charge in [0.15, 0.2) is 5.82 Å². The molecule has 5 nitrogen and oxygen atoms in total. The van der Waals surface area contributed by atoms with Crippen molar-refractivity contribution in [2.75, 3.05) is 27.4 Å². The van der Waals surface area contributed by atoms with Gasteiger partial charge in [-0.3, -0.25) is 0 Å². The molecule has 2 rings (SSSR count). The quantitative estimate of drug-likeness (QED) is 0.791. The fourth-order valence-corrected chi connectivity index (χ4v) is 2.01. The molecule has 0 radical (unpaired) electrons. The van der Waals surface area contributed by atoms with Crippen molar-refractivity contribution in [2.45, 2.75) is 13.5 Å². The molecule has 1 aromatic carbocycles. The average Bonchev–Trinajstić information content (AvgIpc) is 2.51. The lowest BCUT2D eigenvalue weighted by Gasteiger charge is -2.08. The van der Waals surface area contributed by atoms with Gasteiger partial charge in [0.25, 0.3) is 0 Å². The largest absolute Gasteiger partial charge is 0.497 e. The van der Waals surface area contributed by atoms with E-state index in [0.29, 0.717) is 13.2 Å². The molecule has 0 bridgehead atoms. The molecule has 0 spiro atoms. The van der Waals surface area contributed by atoms with E-state index in [-0.39, 0.29) is 0 Å². The van der Waals surface area contributed by atoms with Gasteiger partial charge in [-0.2, -0.15) is 0 Å². The first kappa shape index (κ1) is 15.4. The fraction of sp³-hybridized carbons (Fsp3) is 0.375. The molecule has 0 unspecified atom stereocenters. The molecule has 0 aliphatic rings. The number of methoxy groups -OCH3 is 2. The van der Waals surface area contributed by atoms with E-state index in [2.05, 4.69) is 15.3 Å². The molecule has 21 heavy (non-hydrogen) atoms. The molecule has 0 saturated heterocycles. The van der Waals surface area contributed by atoms with Crippen molar-refractivity contribution in [2.24, 2.45) is 0 Å². The summed E-state index contributed by atoms with van der Waals surface area (Å²) in [7, 11) is 3.35. The number of benzene rings is 1. The summed E-state index contributed by atoms with van der Waals surface area (Å²) >= 11 is 0. The Kier molecular flexibility index (Phi) is 5.66. The average molecular weight is 287 g/mol. The number of hydrogen-bond acceptors (Lipinski definition) is 5. The smallest absolute Gasteiger partial charge is 0.159 e. The van der Waals surface area contributed by atoms with E-state index in [9.17, 15) is 0 Å². The van der Waals surface area contributed by atoms with Crippen LogP contribution in [0.1, 0.15) is 11.4 Å². The van der Waals surface area contributed by atoms with E-state index < -0.39 is 0 Å². The van der Waals surface area contributed by atoms with Crippen molar-refractivity contribution >= 4 is 0 Å². The highest BCUT2D eigenvalue weighted by Crippen LogP contribution is 2.21. The zero-order valence-electron chi connectivity index (χ0n) is 12.7. The lowest BCUT2D eigenvalue weighted by Crippen LogP contribution is -2.19. The van der Waals surface area contributed by atoms with Crippen LogP contribution in [0.2, 0.25) is 0 Å². The number of aryl methyl sites for hydroxylation is 1. The molecule has 5 heteroatoms. The predicted octanol–water partition coefficient (Wildman–Crippen LogP) is 2.20. The van der Waals surface area contributed by atoms with Crippen LogP contribution in [-0.4, -0.2) is 37.3 Å². The maximum Gasteiger partial charge on any atom is 0.159 e. The van der Waals surface area contributed by atoms with Gasteiger partial charge in [0.2, 0.25) is 0 Å². The molecule has 0 aliphatic heterocycles. The summed E-state index contributed by atoms with van der Waals surface area (Å²) < 4.78 is 10.3. The molecular weight excluding hydrogens is 266 g/mol. The van der Waals surface area contributed by atoms with Gasteiger partial charge in [-0.1, -0.05) is 12.1 Å². The van der Waals surface area contributed by atoms with Crippen molar-refractivity contribution in [3.05, 3.63) is 41.7 Å². The summed E-state index contributed by atoms with van der Waals surface area (Å²) in [6.07, 6.45) is 0. The Morgan fingerprint density at radius 2 is 2.00 bits per heavy atom. The zero-order chi connectivity index (χ0) is 15.1. The van der Waals surface area contributed by atoms with Crippen LogP contribution in [0, 0.1) is 6.92 Å². The van der Waals surface area contributed by atoms with Gasteiger partial charge >= 0.3 is 0 Å². The molecule has 1 N–H and O–H groups in total. The lowest BCUT2D eigenvalue weighted by atomic mass is 10.2. The first-order chi connectivity index (χ1) is 10.2. The maximum absolute atomic E-state index is 5.25. The van der Waals surface area contributed by atoms with Crippen LogP contribution >= 0.6 is 0 Å². The minimum absolute atomic E-state index is 0.687. The molecule has 0 atom stereocenters. The van der Waals surface area contributed by atoms with Gasteiger partial charge in [-0.25, -0.2) is 9.97 Å². The normalized spacial score (nSPS) is 10.6. The molecule has 112 valence electrons. The van der Waals surface area contributed by atoms with Crippen LogP contribution in [0.5, 0.6) is 5.75 Å². The Hall–Kier alpha value is -1.98. The van der Waals surface area contributed by atoms with Crippen LogP contribution in [0.3, 0.4) is 0 Å². The number of nitrogens with zero attached hydrogens (tertiary/aromatic N) is 2. The van der Waals surface area contributed by atoms with Crippen LogP contribution in [-0.2, 0) is 11.3 Å². The second-order valence-corrected chi connectivity index (χ2v) is 4.73. The summed E-state index contributed by atoms with van der Waals surface area (Å²) in [4.78, 5) is 9.11. The molecule has 0 fully saturated rings. The molecule has 0 aliphatic carbocycles. The van der Waals surface area contributed by atoms with Gasteiger partial charge in [-0.05, 0) is 25.1 Å². The highest BCUT2D eigenvalue weighted by atomic mass is 16.5. The van der Waals surface area contributed by atoms with Gasteiger partial charge < -0.3 is 14.8 Å². The van der Waals surface area contributed by atoms with E-state index in [1.807, 2.05) is 37.3 Å². The number of rotatable bonds is 7. The summed E-state index contributed by atoms with van der Waals surface area (Å²) in [5.74, 6) is 1.52. The minimum atomic E-state index is 0.687. The van der Waals surface area contributed by atoms with E-state index in [1.165, 1.54) is 0 Å². The summed E-state index contributed by atoms with van der Waals surface area (Å²) in [6.45, 7) is 4.16. The topological polar surface area (TPSA) is 56.3 Å². The Bertz CT molecular complexity index is 587. The maximum atomic E-state index is 5.25. The monoisotopic (exact) mass is 287 g/mol. The summed E-state index contributed by atoms with van der Waals surface area (Å²) in [6, 6.07) is 9.77. The van der Waals surface area contributed by atoms with Gasteiger partial charge in [0.05, 0.1) is 19.4 Å². The van der Waals surface area contributed by atoms with Crippen molar-refractivity contribution in [1.82, 2.24) is 15.3 Å². The summed E-state index contributed by atoms with van der Waals surface area (Å²) in [5.41, 5.74) is 2.87. The molecule has 0 amide bonds. The molecule has 1 aromatic heterocycles. The van der Waals surface area contributed by atoms with E-state index in [0.717, 1.165) is 35.1 Å². The first-order valence-electron chi connectivity index (χ1n) is 6.91. The van der Waals surface area contributed by atoms with Crippen LogP contribution in [0.4, 0.5) is 0 Å². The highest BCUT2D eigenvalue weighted by molar-refractivity contribution is 5.57. The Morgan fingerprint density at radius 3 is 2.76 bits per heavy atom. The number of aromatic nitrogens is 2. The van der Waals surface area contributed by atoms with Crippen LogP contribution in [0.25, 0.3) is 11.4 Å². The molecule has 0 saturated carbocycles. The van der Waals surface area contributed by atoms with Crippen molar-refractivity contribution in [1.29, 1.82) is 0 Å². The molecular formula is C16H21N3O2. The molecule has 1 heterocycles. The minimum Gasteiger partial charge on any atom is -0.497 e. The second kappa shape index (κ2) is 7.71. The number of hydrogen-bond donors (Lipinski definition) is 1. The van der Waals surface area contributed by atoms with Crippen LogP contribution in [0.15, 0.2) is 30.3 Å². The third-order valence-corrected chi connectivity index (χ3v) is 3.02. The molecule has 2 aromatic rings. The first-order valence-corrected chi connectivity index (χ1v) is 6.91. The van der Waals surface area contributed by atoms with E-state index in [4.69, 9.17) is 9.47 Å². The SMILES string of the molecule is COCCNCc1cc(C)nc(-c2cccc(OC)c2)n1. The fourth-order valence-electron chi connectivity index (χ4n) is 2.01. The van der Waals surface area contributed by atoms with Gasteiger partial charge in [0, 0.05) is 31.5 Å². The Labute approximate surface area is 125 Å². The van der Waals surface area contributed by atoms with Crippen molar-refractivity contribution in [3.63, 3.8) is 0 Å². The highest BCUT2D eigenvalue weighted by Gasteiger charge is 2.06. The Balaban J connectivity index is 2.17. The second-order valence-electron chi connectivity index (χ2n) is 4.73. The standard InChI is InChI=1S/C16H21N3O2/c1-12-9-14(11-17-7-8-20-2)19-16(18-12)13-5-4-6-15(10-13)21-3/h4-6,9-10,17H,7-8,11H2,1-3H3. The van der Waals surface area contributed by atoms with E-state index >= 15 is 0 Å². The van der Waals surface area contributed by atoms with Crippen LogP contribution < -0.4 is 10.1 Å². The third kappa shape index (κ3) is 4.51. The Morgan fingerprint density at radius 1 is 1.14 bits per heavy atom. The van der Waals surface area contributed by atoms with Crippen molar-refractivity contribution in [3.8, 4) is 17.1 Å². The lowest BCUT2D eigenvalue weighted by molar-refractivity contribution is 0.199. The number of nitrogens with one attached hydrogen (secondary N) is 1. The predicted molar refractivity (Wildman–Crippen MR) is 82.3 cm³/mol. The summed E-state index contributed by atoms with van der Waals surface area (Å²) in [5, 5.41) is 3.29. The zero-order valence-corrected chi connectivity index (χ0v) is 12.7. The van der Waals surface area contributed by atoms with Crippen molar-refractivity contribution < 1.29 is 9.47 Å². The van der Waals surface area contributed by atoms with E-state index in [1.54, 1.807) is 14.2 Å². The van der Waals surface area contributed by atoms with Gasteiger partial charge in [0.1, 0.15) is 5.75 Å². The number of ether oxygens (including phenoxy) is 2.